The Morgan fingerprint density at radius 1 is 1.26 bits per heavy atom. The zero-order valence-electron chi connectivity index (χ0n) is 9.50. The van der Waals surface area contributed by atoms with Gasteiger partial charge in [-0.2, -0.15) is 0 Å². The topological polar surface area (TPSA) is 71.5 Å². The number of aldehydes is 1. The lowest BCUT2D eigenvalue weighted by atomic mass is 10.2. The summed E-state index contributed by atoms with van der Waals surface area (Å²) in [5, 5.41) is 0.799. The van der Waals surface area contributed by atoms with Crippen LogP contribution in [-0.4, -0.2) is 26.2 Å². The lowest BCUT2D eigenvalue weighted by Gasteiger charge is -2.03. The number of carbonyl (C=O) groups is 1. The number of nitrogens with zero attached hydrogens (tertiary/aromatic N) is 3. The maximum absolute atomic E-state index is 10.8. The second kappa shape index (κ2) is 5.10. The smallest absolute Gasteiger partial charge is 0.181 e. The predicted molar refractivity (Wildman–Crippen MR) is 75.3 cm³/mol. The van der Waals surface area contributed by atoms with Crippen LogP contribution in [0.15, 0.2) is 45.2 Å². The highest BCUT2D eigenvalue weighted by molar-refractivity contribution is 9.10. The van der Waals surface area contributed by atoms with Gasteiger partial charge in [0.05, 0.1) is 6.33 Å². The Kier molecular flexibility index (Phi) is 3.31. The molecule has 3 aromatic rings. The standard InChI is InChI=1S/C12H7BrN4OS/c13-9-3-8(2-1-7(9)4-18)19-12-10-11(15-5-14-10)16-6-17-12/h1-6H,(H,14,15,16,17). The van der Waals surface area contributed by atoms with Crippen LogP contribution in [0, 0.1) is 0 Å². The third kappa shape index (κ3) is 2.39. The molecule has 0 saturated carbocycles. The Balaban J connectivity index is 1.99. The van der Waals surface area contributed by atoms with Crippen LogP contribution in [0.25, 0.3) is 11.2 Å². The Bertz CT molecular complexity index is 758. The number of fused-ring (bicyclic) bond motifs is 1. The molecular weight excluding hydrogens is 328 g/mol. The number of aromatic nitrogens is 4. The minimum atomic E-state index is 0.624. The molecule has 94 valence electrons. The van der Waals surface area contributed by atoms with Crippen LogP contribution >= 0.6 is 27.7 Å². The van der Waals surface area contributed by atoms with Crippen LogP contribution in [0.2, 0.25) is 0 Å². The summed E-state index contributed by atoms with van der Waals surface area (Å²) in [4.78, 5) is 27.2. The summed E-state index contributed by atoms with van der Waals surface area (Å²) >= 11 is 4.85. The maximum atomic E-state index is 10.8. The van der Waals surface area contributed by atoms with Gasteiger partial charge in [-0.3, -0.25) is 4.79 Å². The van der Waals surface area contributed by atoms with Crippen molar-refractivity contribution in [1.29, 1.82) is 0 Å². The van der Waals surface area contributed by atoms with Gasteiger partial charge >= 0.3 is 0 Å². The van der Waals surface area contributed by atoms with E-state index in [4.69, 9.17) is 0 Å². The monoisotopic (exact) mass is 334 g/mol. The van der Waals surface area contributed by atoms with Crippen LogP contribution in [-0.2, 0) is 0 Å². The summed E-state index contributed by atoms with van der Waals surface area (Å²) in [6, 6.07) is 5.53. The molecule has 0 spiro atoms. The molecule has 5 nitrogen and oxygen atoms in total. The van der Waals surface area contributed by atoms with Gasteiger partial charge in [0, 0.05) is 14.9 Å². The van der Waals surface area contributed by atoms with E-state index >= 15 is 0 Å². The van der Waals surface area contributed by atoms with E-state index in [1.807, 2.05) is 12.1 Å². The molecule has 0 amide bonds. The molecule has 0 saturated heterocycles. The molecule has 0 bridgehead atoms. The van der Waals surface area contributed by atoms with Crippen molar-refractivity contribution in [2.24, 2.45) is 0 Å². The Morgan fingerprint density at radius 2 is 2.16 bits per heavy atom. The first-order chi connectivity index (χ1) is 9.28. The molecule has 1 N–H and O–H groups in total. The van der Waals surface area contributed by atoms with Crippen molar-refractivity contribution in [3.8, 4) is 0 Å². The van der Waals surface area contributed by atoms with Crippen LogP contribution < -0.4 is 0 Å². The third-order valence-corrected chi connectivity index (χ3v) is 4.18. The van der Waals surface area contributed by atoms with Crippen LogP contribution in [0.5, 0.6) is 0 Å². The van der Waals surface area contributed by atoms with E-state index in [1.54, 1.807) is 12.4 Å². The van der Waals surface area contributed by atoms with E-state index < -0.39 is 0 Å². The highest BCUT2D eigenvalue weighted by atomic mass is 79.9. The van der Waals surface area contributed by atoms with Crippen molar-refractivity contribution in [2.45, 2.75) is 9.92 Å². The Labute approximate surface area is 121 Å². The van der Waals surface area contributed by atoms with Gasteiger partial charge in [-0.25, -0.2) is 15.0 Å². The summed E-state index contributed by atoms with van der Waals surface area (Å²) in [5.41, 5.74) is 2.07. The Morgan fingerprint density at radius 3 is 2.95 bits per heavy atom. The molecule has 2 heterocycles. The lowest BCUT2D eigenvalue weighted by Crippen LogP contribution is -1.87. The number of aromatic amines is 1. The highest BCUT2D eigenvalue weighted by Gasteiger charge is 2.08. The van der Waals surface area contributed by atoms with Gasteiger partial charge in [0.25, 0.3) is 0 Å². The van der Waals surface area contributed by atoms with E-state index in [-0.39, 0.29) is 0 Å². The van der Waals surface area contributed by atoms with E-state index in [0.717, 1.165) is 26.2 Å². The van der Waals surface area contributed by atoms with Gasteiger partial charge in [-0.15, -0.1) is 0 Å². The lowest BCUT2D eigenvalue weighted by molar-refractivity contribution is 0.112. The molecular formula is C12H7BrN4OS. The summed E-state index contributed by atoms with van der Waals surface area (Å²) in [6.45, 7) is 0. The molecule has 19 heavy (non-hydrogen) atoms. The molecule has 7 heteroatoms. The molecule has 0 aliphatic carbocycles. The summed E-state index contributed by atoms with van der Waals surface area (Å²) in [5.74, 6) is 0. The fourth-order valence-electron chi connectivity index (χ4n) is 1.60. The van der Waals surface area contributed by atoms with Gasteiger partial charge < -0.3 is 4.98 Å². The molecule has 0 fully saturated rings. The number of rotatable bonds is 3. The van der Waals surface area contributed by atoms with Crippen molar-refractivity contribution in [2.75, 3.05) is 0 Å². The Hall–Kier alpha value is -1.73. The second-order valence-electron chi connectivity index (χ2n) is 3.68. The first-order valence-electron chi connectivity index (χ1n) is 5.34. The quantitative estimate of drug-likeness (QED) is 0.588. The summed E-state index contributed by atoms with van der Waals surface area (Å²) in [7, 11) is 0. The zero-order valence-corrected chi connectivity index (χ0v) is 11.9. The van der Waals surface area contributed by atoms with Crippen molar-refractivity contribution in [3.05, 3.63) is 40.9 Å². The highest BCUT2D eigenvalue weighted by Crippen LogP contribution is 2.31. The minimum Gasteiger partial charge on any atom is -0.341 e. The number of imidazole rings is 1. The third-order valence-electron chi connectivity index (χ3n) is 2.50. The first kappa shape index (κ1) is 12.3. The van der Waals surface area contributed by atoms with Gasteiger partial charge in [0.1, 0.15) is 16.9 Å². The van der Waals surface area contributed by atoms with Crippen LogP contribution in [0.4, 0.5) is 0 Å². The van der Waals surface area contributed by atoms with Gasteiger partial charge in [0.15, 0.2) is 11.9 Å². The second-order valence-corrected chi connectivity index (χ2v) is 5.60. The molecule has 0 aliphatic heterocycles. The minimum absolute atomic E-state index is 0.624. The molecule has 1 aromatic carbocycles. The van der Waals surface area contributed by atoms with E-state index in [9.17, 15) is 4.79 Å². The number of carbonyl (C=O) groups excluding carboxylic acids is 1. The van der Waals surface area contributed by atoms with E-state index in [0.29, 0.717) is 11.2 Å². The largest absolute Gasteiger partial charge is 0.341 e. The van der Waals surface area contributed by atoms with Gasteiger partial charge in [-0.05, 0) is 18.2 Å². The molecule has 3 rings (SSSR count). The number of halogens is 1. The molecule has 0 aliphatic rings. The molecule has 0 atom stereocenters. The molecule has 0 unspecified atom stereocenters. The van der Waals surface area contributed by atoms with Crippen LogP contribution in [0.1, 0.15) is 10.4 Å². The SMILES string of the molecule is O=Cc1ccc(Sc2ncnc3nc[nH]c23)cc1Br. The maximum Gasteiger partial charge on any atom is 0.181 e. The molecule has 0 radical (unpaired) electrons. The van der Waals surface area contributed by atoms with Crippen LogP contribution in [0.3, 0.4) is 0 Å². The van der Waals surface area contributed by atoms with E-state index in [1.165, 1.54) is 18.1 Å². The van der Waals surface area contributed by atoms with E-state index in [2.05, 4.69) is 35.9 Å². The number of hydrogen-bond acceptors (Lipinski definition) is 5. The summed E-state index contributed by atoms with van der Waals surface area (Å²) < 4.78 is 0.766. The normalized spacial score (nSPS) is 10.8. The average molecular weight is 335 g/mol. The number of hydrogen-bond donors (Lipinski definition) is 1. The van der Waals surface area contributed by atoms with Crippen molar-refractivity contribution in [1.82, 2.24) is 19.9 Å². The number of benzene rings is 1. The summed E-state index contributed by atoms with van der Waals surface area (Å²) in [6.07, 6.45) is 3.89. The fourth-order valence-corrected chi connectivity index (χ4v) is 3.11. The zero-order chi connectivity index (χ0) is 13.2. The fraction of sp³-hybridized carbons (Fsp3) is 0. The van der Waals surface area contributed by atoms with Gasteiger partial charge in [-0.1, -0.05) is 27.7 Å². The first-order valence-corrected chi connectivity index (χ1v) is 6.95. The average Bonchev–Trinajstić information content (AvgIpc) is 2.88. The van der Waals surface area contributed by atoms with Crippen molar-refractivity contribution < 1.29 is 4.79 Å². The number of nitrogens with one attached hydrogen (secondary N) is 1. The molecule has 2 aromatic heterocycles. The van der Waals surface area contributed by atoms with Gasteiger partial charge in [0.2, 0.25) is 0 Å². The predicted octanol–water partition coefficient (Wildman–Crippen LogP) is 3.08. The number of H-pyrrole nitrogens is 1. The van der Waals surface area contributed by atoms with Crippen molar-refractivity contribution >= 4 is 45.1 Å². The van der Waals surface area contributed by atoms with Crippen molar-refractivity contribution in [3.63, 3.8) is 0 Å².